The summed E-state index contributed by atoms with van der Waals surface area (Å²) in [5, 5.41) is 12.4. The summed E-state index contributed by atoms with van der Waals surface area (Å²) in [6.45, 7) is 0. The minimum absolute atomic E-state index is 0.0183. The number of hydrogen-bond acceptors (Lipinski definition) is 7. The fourth-order valence-corrected chi connectivity index (χ4v) is 5.10. The van der Waals surface area contributed by atoms with Crippen molar-refractivity contribution in [1.82, 2.24) is 25.5 Å². The third-order valence-corrected chi connectivity index (χ3v) is 6.99. The molecule has 0 radical (unpaired) electrons. The Morgan fingerprint density at radius 1 is 1.11 bits per heavy atom. The lowest BCUT2D eigenvalue weighted by Crippen LogP contribution is -2.37. The average Bonchev–Trinajstić information content (AvgIpc) is 3.35. The van der Waals surface area contributed by atoms with E-state index in [1.165, 1.54) is 23.9 Å². The van der Waals surface area contributed by atoms with Crippen LogP contribution in [0.4, 0.5) is 4.39 Å². The first-order valence-corrected chi connectivity index (χ1v) is 12.5. The topological polar surface area (TPSA) is 114 Å². The zero-order chi connectivity index (χ0) is 24.2. The van der Waals surface area contributed by atoms with E-state index in [0.717, 1.165) is 25.7 Å². The molecule has 2 aromatic carbocycles. The van der Waals surface area contributed by atoms with E-state index in [-0.39, 0.29) is 29.2 Å². The first kappa shape index (κ1) is 23.2. The summed E-state index contributed by atoms with van der Waals surface area (Å²) in [6.07, 6.45) is 3.63. The minimum atomic E-state index is -0.348. The van der Waals surface area contributed by atoms with Crippen molar-refractivity contribution in [2.24, 2.45) is 0 Å². The summed E-state index contributed by atoms with van der Waals surface area (Å²) in [5.41, 5.74) is 1.03. The minimum Gasteiger partial charge on any atom is -0.420 e. The Kier molecular flexibility index (Phi) is 6.89. The molecule has 0 aliphatic heterocycles. The number of nitrogens with one attached hydrogen (secondary N) is 2. The molecule has 1 saturated carbocycles. The highest BCUT2D eigenvalue weighted by atomic mass is 32.2. The smallest absolute Gasteiger partial charge is 0.259 e. The Bertz CT molecular complexity index is 1400. The second kappa shape index (κ2) is 10.4. The molecule has 0 saturated heterocycles. The Labute approximate surface area is 204 Å². The number of thioether (sulfide) groups is 1. The molecule has 1 fully saturated rings. The molecule has 35 heavy (non-hydrogen) atoms. The Morgan fingerprint density at radius 3 is 2.77 bits per heavy atom. The molecule has 1 aliphatic carbocycles. The van der Waals surface area contributed by atoms with Crippen LogP contribution in [0.15, 0.2) is 62.9 Å². The van der Waals surface area contributed by atoms with Crippen LogP contribution in [0.2, 0.25) is 0 Å². The van der Waals surface area contributed by atoms with Gasteiger partial charge in [0, 0.05) is 29.7 Å². The SMILES string of the molecule is O=C(CCSc1nc2ccccc2c(=O)[nH]1)NC1CCC(c2nnc(-c3cccc(F)c3)o2)CC1. The van der Waals surface area contributed by atoms with Crippen molar-refractivity contribution in [1.29, 1.82) is 0 Å². The number of hydrogen-bond donors (Lipinski definition) is 2. The van der Waals surface area contributed by atoms with Crippen molar-refractivity contribution in [2.45, 2.75) is 49.2 Å². The van der Waals surface area contributed by atoms with Gasteiger partial charge in [0.25, 0.3) is 5.56 Å². The fourth-order valence-electron chi connectivity index (χ4n) is 4.30. The van der Waals surface area contributed by atoms with Crippen molar-refractivity contribution in [2.75, 3.05) is 5.75 Å². The maximum atomic E-state index is 13.5. The van der Waals surface area contributed by atoms with Crippen LogP contribution in [0, 0.1) is 5.82 Å². The molecular formula is C25H24FN5O3S. The number of fused-ring (bicyclic) bond motifs is 1. The molecule has 2 N–H and O–H groups in total. The van der Waals surface area contributed by atoms with Gasteiger partial charge in [0.15, 0.2) is 5.16 Å². The number of carbonyl (C=O) groups is 1. The molecule has 0 unspecified atom stereocenters. The van der Waals surface area contributed by atoms with E-state index in [1.54, 1.807) is 30.3 Å². The molecule has 8 nitrogen and oxygen atoms in total. The van der Waals surface area contributed by atoms with Gasteiger partial charge >= 0.3 is 0 Å². The zero-order valence-corrected chi connectivity index (χ0v) is 19.7. The fraction of sp³-hybridized carbons (Fsp3) is 0.320. The third-order valence-electron chi connectivity index (χ3n) is 6.11. The van der Waals surface area contributed by atoms with E-state index in [2.05, 4.69) is 25.5 Å². The van der Waals surface area contributed by atoms with E-state index in [4.69, 9.17) is 4.42 Å². The molecule has 4 aromatic rings. The van der Waals surface area contributed by atoms with Gasteiger partial charge in [-0.2, -0.15) is 0 Å². The van der Waals surface area contributed by atoms with Gasteiger partial charge < -0.3 is 14.7 Å². The number of rotatable bonds is 7. The van der Waals surface area contributed by atoms with Crippen LogP contribution in [0.3, 0.4) is 0 Å². The molecule has 1 amide bonds. The van der Waals surface area contributed by atoms with Crippen LogP contribution in [0.25, 0.3) is 22.4 Å². The first-order valence-electron chi connectivity index (χ1n) is 11.6. The molecule has 5 rings (SSSR count). The Morgan fingerprint density at radius 2 is 1.94 bits per heavy atom. The van der Waals surface area contributed by atoms with E-state index in [9.17, 15) is 14.0 Å². The van der Waals surface area contributed by atoms with E-state index in [1.807, 2.05) is 6.07 Å². The molecule has 10 heteroatoms. The van der Waals surface area contributed by atoms with Crippen molar-refractivity contribution >= 4 is 28.6 Å². The number of para-hydroxylation sites is 1. The maximum Gasteiger partial charge on any atom is 0.259 e. The van der Waals surface area contributed by atoms with E-state index >= 15 is 0 Å². The highest BCUT2D eigenvalue weighted by Gasteiger charge is 2.27. The van der Waals surface area contributed by atoms with Crippen LogP contribution in [0.5, 0.6) is 0 Å². The van der Waals surface area contributed by atoms with Gasteiger partial charge in [0.05, 0.1) is 10.9 Å². The van der Waals surface area contributed by atoms with Gasteiger partial charge in [-0.15, -0.1) is 10.2 Å². The lowest BCUT2D eigenvalue weighted by Gasteiger charge is -2.27. The largest absolute Gasteiger partial charge is 0.420 e. The molecule has 180 valence electrons. The summed E-state index contributed by atoms with van der Waals surface area (Å²) >= 11 is 1.36. The molecule has 2 aromatic heterocycles. The molecule has 2 heterocycles. The third kappa shape index (κ3) is 5.59. The van der Waals surface area contributed by atoms with Gasteiger partial charge in [-0.3, -0.25) is 9.59 Å². The lowest BCUT2D eigenvalue weighted by atomic mass is 9.86. The van der Waals surface area contributed by atoms with Gasteiger partial charge in [0.2, 0.25) is 17.7 Å². The van der Waals surface area contributed by atoms with Crippen LogP contribution < -0.4 is 10.9 Å². The highest BCUT2D eigenvalue weighted by Crippen LogP contribution is 2.33. The number of benzene rings is 2. The van der Waals surface area contributed by atoms with Crippen molar-refractivity contribution in [3.8, 4) is 11.5 Å². The second-order valence-electron chi connectivity index (χ2n) is 8.56. The Hall–Kier alpha value is -3.53. The molecular weight excluding hydrogens is 469 g/mol. The number of H-pyrrole nitrogens is 1. The molecule has 0 bridgehead atoms. The highest BCUT2D eigenvalue weighted by molar-refractivity contribution is 7.99. The number of carbonyl (C=O) groups excluding carboxylic acids is 1. The number of amides is 1. The van der Waals surface area contributed by atoms with Gasteiger partial charge in [-0.25, -0.2) is 9.37 Å². The Balaban J connectivity index is 1.08. The maximum absolute atomic E-state index is 13.5. The first-order chi connectivity index (χ1) is 17.0. The summed E-state index contributed by atoms with van der Waals surface area (Å²) in [7, 11) is 0. The molecule has 1 aliphatic rings. The monoisotopic (exact) mass is 493 g/mol. The van der Waals surface area contributed by atoms with Crippen molar-refractivity contribution in [3.63, 3.8) is 0 Å². The predicted octanol–water partition coefficient (Wildman–Crippen LogP) is 4.44. The van der Waals surface area contributed by atoms with E-state index in [0.29, 0.717) is 45.6 Å². The molecule has 0 atom stereocenters. The second-order valence-corrected chi connectivity index (χ2v) is 9.64. The van der Waals surface area contributed by atoms with Crippen LogP contribution >= 0.6 is 11.8 Å². The predicted molar refractivity (Wildman–Crippen MR) is 131 cm³/mol. The zero-order valence-electron chi connectivity index (χ0n) is 18.9. The summed E-state index contributed by atoms with van der Waals surface area (Å²) in [6, 6.07) is 13.4. The van der Waals surface area contributed by atoms with Crippen LogP contribution in [-0.2, 0) is 4.79 Å². The van der Waals surface area contributed by atoms with Crippen LogP contribution in [0.1, 0.15) is 43.9 Å². The number of nitrogens with zero attached hydrogens (tertiary/aromatic N) is 3. The van der Waals surface area contributed by atoms with Crippen molar-refractivity contribution in [3.05, 3.63) is 70.6 Å². The average molecular weight is 494 g/mol. The standard InChI is InChI=1S/C25H24FN5O3S/c26-17-5-3-4-16(14-17)24-31-30-23(34-24)15-8-10-18(11-9-15)27-21(32)12-13-35-25-28-20-7-2-1-6-19(20)22(33)29-25/h1-7,14-15,18H,8-13H2,(H,27,32)(H,28,29,33). The quantitative estimate of drug-likeness (QED) is 0.289. The normalized spacial score (nSPS) is 18.0. The summed E-state index contributed by atoms with van der Waals surface area (Å²) in [4.78, 5) is 31.8. The van der Waals surface area contributed by atoms with Gasteiger partial charge in [-0.05, 0) is 56.0 Å². The number of aromatic nitrogens is 4. The summed E-state index contributed by atoms with van der Waals surface area (Å²) in [5.74, 6) is 1.16. The molecule has 0 spiro atoms. The van der Waals surface area contributed by atoms with Crippen molar-refractivity contribution < 1.29 is 13.6 Å². The van der Waals surface area contributed by atoms with Crippen LogP contribution in [-0.4, -0.2) is 37.9 Å². The van der Waals surface area contributed by atoms with E-state index < -0.39 is 0 Å². The lowest BCUT2D eigenvalue weighted by molar-refractivity contribution is -0.121. The van der Waals surface area contributed by atoms with Gasteiger partial charge in [-0.1, -0.05) is 30.0 Å². The number of halogens is 1. The number of aromatic amines is 1. The van der Waals surface area contributed by atoms with Gasteiger partial charge in [0.1, 0.15) is 5.82 Å². The summed E-state index contributed by atoms with van der Waals surface area (Å²) < 4.78 is 19.3.